The first kappa shape index (κ1) is 11.6. The SMILES string of the molecule is CCC(=O)c1ccn(Cc2ncccc2C)c1. The number of aromatic nitrogens is 2. The molecule has 0 saturated carbocycles. The minimum Gasteiger partial charge on any atom is -0.348 e. The molecule has 0 saturated heterocycles. The Morgan fingerprint density at radius 2 is 2.24 bits per heavy atom. The van der Waals surface area contributed by atoms with Crippen molar-refractivity contribution in [2.45, 2.75) is 26.8 Å². The molecular formula is C14H16N2O. The lowest BCUT2D eigenvalue weighted by atomic mass is 10.2. The van der Waals surface area contributed by atoms with Gasteiger partial charge in [-0.05, 0) is 24.6 Å². The first-order valence-corrected chi connectivity index (χ1v) is 5.80. The van der Waals surface area contributed by atoms with Gasteiger partial charge in [-0.3, -0.25) is 9.78 Å². The van der Waals surface area contributed by atoms with Crippen molar-refractivity contribution in [3.63, 3.8) is 0 Å². The van der Waals surface area contributed by atoms with Crippen LogP contribution < -0.4 is 0 Å². The third-order valence-electron chi connectivity index (χ3n) is 2.84. The Balaban J connectivity index is 2.17. The fourth-order valence-corrected chi connectivity index (χ4v) is 1.77. The van der Waals surface area contributed by atoms with Gasteiger partial charge in [0.15, 0.2) is 5.78 Å². The molecule has 0 amide bonds. The van der Waals surface area contributed by atoms with Crippen LogP contribution in [0, 0.1) is 6.92 Å². The van der Waals surface area contributed by atoms with Gasteiger partial charge < -0.3 is 4.57 Å². The molecule has 17 heavy (non-hydrogen) atoms. The summed E-state index contributed by atoms with van der Waals surface area (Å²) in [6.45, 7) is 4.64. The molecule has 2 aromatic heterocycles. The van der Waals surface area contributed by atoms with Crippen molar-refractivity contribution in [3.8, 4) is 0 Å². The van der Waals surface area contributed by atoms with Gasteiger partial charge in [0.05, 0.1) is 12.2 Å². The number of aryl methyl sites for hydroxylation is 1. The van der Waals surface area contributed by atoms with E-state index in [1.165, 1.54) is 5.56 Å². The molecule has 3 heteroatoms. The van der Waals surface area contributed by atoms with Crippen molar-refractivity contribution in [1.29, 1.82) is 0 Å². The van der Waals surface area contributed by atoms with Crippen LogP contribution in [0.1, 0.15) is 35.0 Å². The topological polar surface area (TPSA) is 34.9 Å². The van der Waals surface area contributed by atoms with Gasteiger partial charge in [0.1, 0.15) is 0 Å². The Labute approximate surface area is 101 Å². The molecule has 0 radical (unpaired) electrons. The molecule has 0 unspecified atom stereocenters. The Kier molecular flexibility index (Phi) is 3.38. The number of carbonyl (C=O) groups excluding carboxylic acids is 1. The summed E-state index contributed by atoms with van der Waals surface area (Å²) >= 11 is 0. The molecule has 0 aliphatic heterocycles. The molecule has 2 rings (SSSR count). The number of hydrogen-bond acceptors (Lipinski definition) is 2. The van der Waals surface area contributed by atoms with Gasteiger partial charge in [0, 0.05) is 30.6 Å². The van der Waals surface area contributed by atoms with Crippen molar-refractivity contribution in [1.82, 2.24) is 9.55 Å². The Bertz CT molecular complexity index is 529. The number of carbonyl (C=O) groups is 1. The second kappa shape index (κ2) is 4.95. The van der Waals surface area contributed by atoms with Gasteiger partial charge >= 0.3 is 0 Å². The van der Waals surface area contributed by atoms with Crippen LogP contribution in [0.2, 0.25) is 0 Å². The van der Waals surface area contributed by atoms with Crippen LogP contribution in [0.5, 0.6) is 0 Å². The second-order valence-corrected chi connectivity index (χ2v) is 4.12. The fourth-order valence-electron chi connectivity index (χ4n) is 1.77. The van der Waals surface area contributed by atoms with Gasteiger partial charge in [-0.25, -0.2) is 0 Å². The van der Waals surface area contributed by atoms with Gasteiger partial charge in [-0.2, -0.15) is 0 Å². The number of ketones is 1. The maximum absolute atomic E-state index is 11.5. The van der Waals surface area contributed by atoms with Crippen LogP contribution in [0.15, 0.2) is 36.8 Å². The van der Waals surface area contributed by atoms with Crippen molar-refractivity contribution in [2.75, 3.05) is 0 Å². The molecule has 0 bridgehead atoms. The van der Waals surface area contributed by atoms with Crippen LogP contribution in [0.3, 0.4) is 0 Å². The summed E-state index contributed by atoms with van der Waals surface area (Å²) in [5.74, 6) is 0.182. The lowest BCUT2D eigenvalue weighted by Gasteiger charge is -2.05. The van der Waals surface area contributed by atoms with E-state index in [0.29, 0.717) is 13.0 Å². The van der Waals surface area contributed by atoms with Crippen LogP contribution in [0.25, 0.3) is 0 Å². The molecule has 2 aromatic rings. The average Bonchev–Trinajstić information content (AvgIpc) is 2.80. The van der Waals surface area contributed by atoms with Crippen LogP contribution >= 0.6 is 0 Å². The van der Waals surface area contributed by atoms with Crippen LogP contribution in [0.4, 0.5) is 0 Å². The highest BCUT2D eigenvalue weighted by Crippen LogP contribution is 2.09. The highest BCUT2D eigenvalue weighted by Gasteiger charge is 2.06. The van der Waals surface area contributed by atoms with Crippen molar-refractivity contribution >= 4 is 5.78 Å². The van der Waals surface area contributed by atoms with Gasteiger partial charge in [-0.15, -0.1) is 0 Å². The number of hydrogen-bond donors (Lipinski definition) is 0. The maximum Gasteiger partial charge on any atom is 0.164 e. The fraction of sp³-hybridized carbons (Fsp3) is 0.286. The minimum atomic E-state index is 0.182. The normalized spacial score (nSPS) is 10.5. The summed E-state index contributed by atoms with van der Waals surface area (Å²) < 4.78 is 2.00. The number of nitrogens with zero attached hydrogens (tertiary/aromatic N) is 2. The quantitative estimate of drug-likeness (QED) is 0.754. The zero-order valence-corrected chi connectivity index (χ0v) is 10.2. The molecule has 0 N–H and O–H groups in total. The molecule has 3 nitrogen and oxygen atoms in total. The van der Waals surface area contributed by atoms with E-state index in [2.05, 4.69) is 4.98 Å². The first-order valence-electron chi connectivity index (χ1n) is 5.80. The number of Topliss-reactive ketones (excluding diaryl/α,β-unsaturated/α-hetero) is 1. The molecule has 0 aliphatic rings. The Morgan fingerprint density at radius 3 is 2.94 bits per heavy atom. The molecule has 0 aromatic carbocycles. The molecule has 0 aliphatic carbocycles. The van der Waals surface area contributed by atoms with E-state index in [4.69, 9.17) is 0 Å². The molecule has 0 spiro atoms. The largest absolute Gasteiger partial charge is 0.348 e. The molecule has 88 valence electrons. The van der Waals surface area contributed by atoms with Crippen molar-refractivity contribution in [3.05, 3.63) is 53.6 Å². The van der Waals surface area contributed by atoms with E-state index in [1.807, 2.05) is 49.0 Å². The molecule has 0 fully saturated rings. The molecule has 0 atom stereocenters. The maximum atomic E-state index is 11.5. The Hall–Kier alpha value is -1.90. The van der Waals surface area contributed by atoms with Crippen LogP contribution in [-0.4, -0.2) is 15.3 Å². The van der Waals surface area contributed by atoms with E-state index < -0.39 is 0 Å². The zero-order chi connectivity index (χ0) is 12.3. The summed E-state index contributed by atoms with van der Waals surface area (Å²) in [6.07, 6.45) is 6.16. The highest BCUT2D eigenvalue weighted by atomic mass is 16.1. The average molecular weight is 228 g/mol. The van der Waals surface area contributed by atoms with Crippen molar-refractivity contribution in [2.24, 2.45) is 0 Å². The van der Waals surface area contributed by atoms with E-state index in [0.717, 1.165) is 11.3 Å². The summed E-state index contributed by atoms with van der Waals surface area (Å²) in [7, 11) is 0. The first-order chi connectivity index (χ1) is 8.20. The smallest absolute Gasteiger partial charge is 0.164 e. The monoisotopic (exact) mass is 228 g/mol. The third kappa shape index (κ3) is 2.61. The minimum absolute atomic E-state index is 0.182. The summed E-state index contributed by atoms with van der Waals surface area (Å²) in [5.41, 5.74) is 2.99. The Morgan fingerprint density at radius 1 is 1.41 bits per heavy atom. The predicted octanol–water partition coefficient (Wildman–Crippen LogP) is 2.83. The van der Waals surface area contributed by atoms with Crippen molar-refractivity contribution < 1.29 is 4.79 Å². The molecular weight excluding hydrogens is 212 g/mol. The third-order valence-corrected chi connectivity index (χ3v) is 2.84. The van der Waals surface area contributed by atoms with Crippen LogP contribution in [-0.2, 0) is 6.54 Å². The predicted molar refractivity (Wildman–Crippen MR) is 67.1 cm³/mol. The van der Waals surface area contributed by atoms with E-state index in [-0.39, 0.29) is 5.78 Å². The number of pyridine rings is 1. The van der Waals surface area contributed by atoms with Gasteiger partial charge in [0.25, 0.3) is 0 Å². The van der Waals surface area contributed by atoms with E-state index >= 15 is 0 Å². The number of rotatable bonds is 4. The highest BCUT2D eigenvalue weighted by molar-refractivity contribution is 5.95. The zero-order valence-electron chi connectivity index (χ0n) is 10.2. The summed E-state index contributed by atoms with van der Waals surface area (Å²) in [4.78, 5) is 15.9. The van der Waals surface area contributed by atoms with E-state index in [1.54, 1.807) is 6.20 Å². The molecule has 2 heterocycles. The van der Waals surface area contributed by atoms with E-state index in [9.17, 15) is 4.79 Å². The summed E-state index contributed by atoms with van der Waals surface area (Å²) in [5, 5.41) is 0. The second-order valence-electron chi connectivity index (χ2n) is 4.12. The standard InChI is InChI=1S/C14H16N2O/c1-3-14(17)12-6-8-16(9-12)10-13-11(2)5-4-7-15-13/h4-9H,3,10H2,1-2H3. The lowest BCUT2D eigenvalue weighted by Crippen LogP contribution is -2.02. The summed E-state index contributed by atoms with van der Waals surface area (Å²) in [6, 6.07) is 5.84. The van der Waals surface area contributed by atoms with Gasteiger partial charge in [0.2, 0.25) is 0 Å². The van der Waals surface area contributed by atoms with Gasteiger partial charge in [-0.1, -0.05) is 13.0 Å². The lowest BCUT2D eigenvalue weighted by molar-refractivity contribution is 0.0988.